The predicted molar refractivity (Wildman–Crippen MR) is 105 cm³/mol. The molecule has 1 aliphatic rings. The van der Waals surface area contributed by atoms with Gasteiger partial charge in [0.05, 0.1) is 12.2 Å². The number of anilines is 2. The van der Waals surface area contributed by atoms with Crippen LogP contribution in [0.1, 0.15) is 48.0 Å². The second-order valence-electron chi connectivity index (χ2n) is 6.65. The number of hydrogen-bond acceptors (Lipinski definition) is 4. The second-order valence-corrected chi connectivity index (χ2v) is 7.75. The first-order chi connectivity index (χ1) is 12.5. The van der Waals surface area contributed by atoms with Gasteiger partial charge in [0.2, 0.25) is 5.91 Å². The van der Waals surface area contributed by atoms with Crippen molar-refractivity contribution in [2.45, 2.75) is 40.0 Å². The van der Waals surface area contributed by atoms with Gasteiger partial charge in [0.15, 0.2) is 0 Å². The number of benzene rings is 1. The van der Waals surface area contributed by atoms with Crippen molar-refractivity contribution in [3.05, 3.63) is 40.3 Å². The molecule has 0 spiro atoms. The number of carbonyl (C=O) groups excluding carboxylic acids is 2. The quantitative estimate of drug-likeness (QED) is 0.813. The number of carbonyl (C=O) groups is 2. The lowest BCUT2D eigenvalue weighted by Crippen LogP contribution is -2.18. The van der Waals surface area contributed by atoms with E-state index < -0.39 is 0 Å². The maximum atomic E-state index is 13.0. The van der Waals surface area contributed by atoms with Crippen molar-refractivity contribution >= 4 is 33.8 Å². The Morgan fingerprint density at radius 3 is 2.62 bits per heavy atom. The van der Waals surface area contributed by atoms with E-state index in [0.29, 0.717) is 28.8 Å². The number of amides is 2. The maximum Gasteiger partial charge on any atom is 0.258 e. The number of nitrogens with one attached hydrogen (secondary N) is 2. The molecule has 1 unspecified atom stereocenters. The van der Waals surface area contributed by atoms with Gasteiger partial charge in [-0.25, -0.2) is 0 Å². The van der Waals surface area contributed by atoms with Crippen molar-refractivity contribution in [3.8, 4) is 5.75 Å². The van der Waals surface area contributed by atoms with E-state index in [9.17, 15) is 9.59 Å². The third-order valence-corrected chi connectivity index (χ3v) is 5.62. The lowest BCUT2D eigenvalue weighted by molar-refractivity contribution is -0.114. The Morgan fingerprint density at radius 2 is 1.96 bits per heavy atom. The van der Waals surface area contributed by atoms with Crippen LogP contribution in [0, 0.1) is 5.92 Å². The van der Waals surface area contributed by atoms with Crippen molar-refractivity contribution in [1.29, 1.82) is 0 Å². The lowest BCUT2D eigenvalue weighted by atomic mass is 9.88. The van der Waals surface area contributed by atoms with Crippen molar-refractivity contribution in [2.24, 2.45) is 5.92 Å². The molecule has 0 saturated heterocycles. The maximum absolute atomic E-state index is 13.0. The number of fused-ring (bicyclic) bond motifs is 1. The van der Waals surface area contributed by atoms with E-state index in [0.717, 1.165) is 30.6 Å². The van der Waals surface area contributed by atoms with Gasteiger partial charge in [0, 0.05) is 17.5 Å². The molecule has 0 fully saturated rings. The minimum atomic E-state index is -0.176. The molecule has 0 saturated carbocycles. The van der Waals surface area contributed by atoms with Crippen LogP contribution in [0.4, 0.5) is 10.7 Å². The van der Waals surface area contributed by atoms with Crippen LogP contribution >= 0.6 is 11.3 Å². The zero-order chi connectivity index (χ0) is 18.7. The Morgan fingerprint density at radius 1 is 1.23 bits per heavy atom. The molecule has 26 heavy (non-hydrogen) atoms. The molecule has 2 amide bonds. The summed E-state index contributed by atoms with van der Waals surface area (Å²) in [5, 5.41) is 6.44. The standard InChI is InChI=1S/C20H24N2O3S/c1-4-25-15-8-6-14(7-9-15)22-19(24)18-16-10-5-12(2)11-17(16)26-20(18)21-13(3)23/h6-9,12H,4-5,10-11H2,1-3H3,(H,21,23)(H,22,24). The fourth-order valence-corrected chi connectivity index (χ4v) is 4.69. The van der Waals surface area contributed by atoms with Gasteiger partial charge in [-0.1, -0.05) is 6.92 Å². The van der Waals surface area contributed by atoms with Crippen LogP contribution in [0.15, 0.2) is 24.3 Å². The summed E-state index contributed by atoms with van der Waals surface area (Å²) in [6.45, 7) is 6.22. The summed E-state index contributed by atoms with van der Waals surface area (Å²) < 4.78 is 5.43. The van der Waals surface area contributed by atoms with E-state index in [2.05, 4.69) is 17.6 Å². The predicted octanol–water partition coefficient (Wildman–Crippen LogP) is 4.48. The second kappa shape index (κ2) is 7.91. The molecule has 6 heteroatoms. The van der Waals surface area contributed by atoms with Crippen molar-refractivity contribution in [1.82, 2.24) is 0 Å². The van der Waals surface area contributed by atoms with Gasteiger partial charge in [-0.3, -0.25) is 9.59 Å². The van der Waals surface area contributed by atoms with Crippen LogP contribution in [-0.2, 0) is 17.6 Å². The van der Waals surface area contributed by atoms with Gasteiger partial charge in [0.1, 0.15) is 10.8 Å². The van der Waals surface area contributed by atoms with Crippen molar-refractivity contribution < 1.29 is 14.3 Å². The molecule has 138 valence electrons. The monoisotopic (exact) mass is 372 g/mol. The number of rotatable bonds is 5. The molecule has 0 bridgehead atoms. The van der Waals surface area contributed by atoms with Crippen molar-refractivity contribution in [2.75, 3.05) is 17.2 Å². The third-order valence-electron chi connectivity index (χ3n) is 4.45. The summed E-state index contributed by atoms with van der Waals surface area (Å²) in [4.78, 5) is 25.7. The van der Waals surface area contributed by atoms with Gasteiger partial charge < -0.3 is 15.4 Å². The molecule has 2 aromatic rings. The van der Waals surface area contributed by atoms with Crippen LogP contribution in [0.5, 0.6) is 5.75 Å². The zero-order valence-corrected chi connectivity index (χ0v) is 16.2. The molecule has 3 rings (SSSR count). The molecule has 5 nitrogen and oxygen atoms in total. The minimum absolute atomic E-state index is 0.160. The summed E-state index contributed by atoms with van der Waals surface area (Å²) in [7, 11) is 0. The highest BCUT2D eigenvalue weighted by molar-refractivity contribution is 7.17. The molecule has 0 radical (unpaired) electrons. The molecule has 1 atom stereocenters. The van der Waals surface area contributed by atoms with E-state index in [1.807, 2.05) is 31.2 Å². The average molecular weight is 372 g/mol. The van der Waals surface area contributed by atoms with Crippen LogP contribution in [-0.4, -0.2) is 18.4 Å². The van der Waals surface area contributed by atoms with E-state index in [-0.39, 0.29) is 11.8 Å². The Hall–Kier alpha value is -2.34. The zero-order valence-electron chi connectivity index (χ0n) is 15.3. The highest BCUT2D eigenvalue weighted by Crippen LogP contribution is 2.40. The number of thiophene rings is 1. The summed E-state index contributed by atoms with van der Waals surface area (Å²) >= 11 is 1.53. The topological polar surface area (TPSA) is 67.4 Å². The minimum Gasteiger partial charge on any atom is -0.494 e. The van der Waals surface area contributed by atoms with Crippen LogP contribution < -0.4 is 15.4 Å². The SMILES string of the molecule is CCOc1ccc(NC(=O)c2c(NC(C)=O)sc3c2CCC(C)C3)cc1. The summed E-state index contributed by atoms with van der Waals surface area (Å²) in [6, 6.07) is 7.31. The Labute approximate surface area is 157 Å². The molecule has 1 aromatic heterocycles. The number of ether oxygens (including phenoxy) is 1. The van der Waals surface area contributed by atoms with Gasteiger partial charge in [-0.15, -0.1) is 11.3 Å². The summed E-state index contributed by atoms with van der Waals surface area (Å²) in [6.07, 6.45) is 2.90. The molecule has 1 heterocycles. The Balaban J connectivity index is 1.86. The van der Waals surface area contributed by atoms with Crippen LogP contribution in [0.25, 0.3) is 0 Å². The van der Waals surface area contributed by atoms with Gasteiger partial charge in [-0.2, -0.15) is 0 Å². The molecular weight excluding hydrogens is 348 g/mol. The molecular formula is C20H24N2O3S. The van der Waals surface area contributed by atoms with Crippen LogP contribution in [0.3, 0.4) is 0 Å². The fourth-order valence-electron chi connectivity index (χ4n) is 3.23. The lowest BCUT2D eigenvalue weighted by Gasteiger charge is -2.18. The number of hydrogen-bond donors (Lipinski definition) is 2. The Kier molecular flexibility index (Phi) is 5.61. The first kappa shape index (κ1) is 18.5. The van der Waals surface area contributed by atoms with Gasteiger partial charge in [-0.05, 0) is 61.9 Å². The summed E-state index contributed by atoms with van der Waals surface area (Å²) in [5.41, 5.74) is 2.40. The third kappa shape index (κ3) is 4.07. The summed E-state index contributed by atoms with van der Waals surface area (Å²) in [5.74, 6) is 1.04. The molecule has 1 aromatic carbocycles. The van der Waals surface area contributed by atoms with E-state index in [1.54, 1.807) is 0 Å². The van der Waals surface area contributed by atoms with E-state index in [4.69, 9.17) is 4.74 Å². The highest BCUT2D eigenvalue weighted by Gasteiger charge is 2.28. The van der Waals surface area contributed by atoms with E-state index >= 15 is 0 Å². The normalized spacial score (nSPS) is 15.9. The van der Waals surface area contributed by atoms with Gasteiger partial charge in [0.25, 0.3) is 5.91 Å². The van der Waals surface area contributed by atoms with Crippen LogP contribution in [0.2, 0.25) is 0 Å². The average Bonchev–Trinajstić information content (AvgIpc) is 2.93. The molecule has 0 aliphatic heterocycles. The van der Waals surface area contributed by atoms with Crippen molar-refractivity contribution in [3.63, 3.8) is 0 Å². The smallest absolute Gasteiger partial charge is 0.258 e. The largest absolute Gasteiger partial charge is 0.494 e. The van der Waals surface area contributed by atoms with Gasteiger partial charge >= 0.3 is 0 Å². The molecule has 2 N–H and O–H groups in total. The van der Waals surface area contributed by atoms with E-state index in [1.165, 1.54) is 23.1 Å². The Bertz CT molecular complexity index is 811. The first-order valence-corrected chi connectivity index (χ1v) is 9.76. The fraction of sp³-hybridized carbons (Fsp3) is 0.400. The first-order valence-electron chi connectivity index (χ1n) is 8.94. The molecule has 1 aliphatic carbocycles. The highest BCUT2D eigenvalue weighted by atomic mass is 32.1.